The van der Waals surface area contributed by atoms with Crippen LogP contribution in [0.15, 0.2) is 71.1 Å². The Hall–Kier alpha value is -3.47. The predicted molar refractivity (Wildman–Crippen MR) is 116 cm³/mol. The number of hydrogen-bond donors (Lipinski definition) is 1. The van der Waals surface area contributed by atoms with Gasteiger partial charge in [0.2, 0.25) is 0 Å². The molecule has 152 valence electrons. The van der Waals surface area contributed by atoms with Crippen molar-refractivity contribution in [1.82, 2.24) is 10.3 Å². The molecule has 0 radical (unpaired) electrons. The minimum atomic E-state index is -0.260. The number of benzene rings is 3. The van der Waals surface area contributed by atoms with E-state index in [1.807, 2.05) is 31.2 Å². The van der Waals surface area contributed by atoms with Crippen molar-refractivity contribution >= 4 is 17.0 Å². The molecule has 1 heterocycles. The monoisotopic (exact) mass is 402 g/mol. The maximum Gasteiger partial charge on any atom is 0.251 e. The fourth-order valence-electron chi connectivity index (χ4n) is 3.47. The summed E-state index contributed by atoms with van der Waals surface area (Å²) in [5.74, 6) is 0.359. The predicted octanol–water partition coefficient (Wildman–Crippen LogP) is 5.56. The topological polar surface area (TPSA) is 55.1 Å². The lowest BCUT2D eigenvalue weighted by molar-refractivity contribution is 0.0953. The highest BCUT2D eigenvalue weighted by Crippen LogP contribution is 2.29. The Kier molecular flexibility index (Phi) is 5.89. The minimum Gasteiger partial charge on any atom is -0.440 e. The van der Waals surface area contributed by atoms with Crippen LogP contribution in [0.1, 0.15) is 35.2 Å². The SMILES string of the molecule is CCc1nc2cc(-c3ccc(F)cc3)cc(CCCNC(=O)c3ccccc3)c2o1. The molecule has 0 saturated carbocycles. The van der Waals surface area contributed by atoms with Crippen molar-refractivity contribution in [2.24, 2.45) is 0 Å². The van der Waals surface area contributed by atoms with Crippen LogP contribution in [0.25, 0.3) is 22.2 Å². The van der Waals surface area contributed by atoms with Crippen LogP contribution in [0.5, 0.6) is 0 Å². The van der Waals surface area contributed by atoms with Crippen LogP contribution in [0.2, 0.25) is 0 Å². The number of halogens is 1. The molecule has 1 amide bonds. The van der Waals surface area contributed by atoms with Crippen molar-refractivity contribution in [3.8, 4) is 11.1 Å². The first-order chi connectivity index (χ1) is 14.6. The summed E-state index contributed by atoms with van der Waals surface area (Å²) in [5, 5.41) is 2.96. The van der Waals surface area contributed by atoms with Gasteiger partial charge in [-0.25, -0.2) is 9.37 Å². The standard InChI is InChI=1S/C25H23FN2O2/c1-2-23-28-22-16-20(17-10-12-21(26)13-11-17)15-19(24(22)30-23)9-6-14-27-25(29)18-7-4-3-5-8-18/h3-5,7-8,10-13,15-16H,2,6,9,14H2,1H3,(H,27,29). The molecular weight excluding hydrogens is 379 g/mol. The lowest BCUT2D eigenvalue weighted by atomic mass is 9.99. The lowest BCUT2D eigenvalue weighted by Crippen LogP contribution is -2.24. The van der Waals surface area contributed by atoms with Gasteiger partial charge in [-0.1, -0.05) is 37.3 Å². The van der Waals surface area contributed by atoms with Gasteiger partial charge in [0, 0.05) is 18.5 Å². The van der Waals surface area contributed by atoms with E-state index in [9.17, 15) is 9.18 Å². The van der Waals surface area contributed by atoms with Crippen LogP contribution in [0.3, 0.4) is 0 Å². The number of rotatable bonds is 7. The Bertz CT molecular complexity index is 1150. The van der Waals surface area contributed by atoms with Crippen LogP contribution in [-0.2, 0) is 12.8 Å². The molecule has 1 aromatic heterocycles. The molecule has 0 atom stereocenters. The molecule has 5 heteroatoms. The molecular formula is C25H23FN2O2. The van der Waals surface area contributed by atoms with Crippen molar-refractivity contribution in [3.05, 3.63) is 89.6 Å². The quantitative estimate of drug-likeness (QED) is 0.412. The second-order valence-electron chi connectivity index (χ2n) is 7.18. The average molecular weight is 402 g/mol. The van der Waals surface area contributed by atoms with E-state index >= 15 is 0 Å². The summed E-state index contributed by atoms with van der Waals surface area (Å²) in [5.41, 5.74) is 5.18. The van der Waals surface area contributed by atoms with E-state index < -0.39 is 0 Å². The Labute approximate surface area is 174 Å². The van der Waals surface area contributed by atoms with Gasteiger partial charge in [-0.3, -0.25) is 4.79 Å². The first kappa shape index (κ1) is 19.8. The van der Waals surface area contributed by atoms with Crippen molar-refractivity contribution in [3.63, 3.8) is 0 Å². The Balaban J connectivity index is 1.52. The number of aromatic nitrogens is 1. The molecule has 0 unspecified atom stereocenters. The average Bonchev–Trinajstić information content (AvgIpc) is 3.21. The summed E-state index contributed by atoms with van der Waals surface area (Å²) < 4.78 is 19.3. The Morgan fingerprint density at radius 2 is 1.80 bits per heavy atom. The van der Waals surface area contributed by atoms with Crippen molar-refractivity contribution in [2.45, 2.75) is 26.2 Å². The number of hydrogen-bond acceptors (Lipinski definition) is 3. The number of fused-ring (bicyclic) bond motifs is 1. The molecule has 0 aliphatic carbocycles. The molecule has 0 aliphatic rings. The maximum atomic E-state index is 13.3. The van der Waals surface area contributed by atoms with Gasteiger partial charge in [-0.15, -0.1) is 0 Å². The first-order valence-electron chi connectivity index (χ1n) is 10.2. The van der Waals surface area contributed by atoms with Gasteiger partial charge in [0.15, 0.2) is 11.5 Å². The number of nitrogens with one attached hydrogen (secondary N) is 1. The van der Waals surface area contributed by atoms with Gasteiger partial charge in [0.1, 0.15) is 11.3 Å². The summed E-state index contributed by atoms with van der Waals surface area (Å²) in [6.45, 7) is 2.56. The number of carbonyl (C=O) groups excluding carboxylic acids is 1. The largest absolute Gasteiger partial charge is 0.440 e. The normalized spacial score (nSPS) is 11.0. The summed E-state index contributed by atoms with van der Waals surface area (Å²) in [4.78, 5) is 16.8. The van der Waals surface area contributed by atoms with E-state index in [0.29, 0.717) is 24.4 Å². The number of amides is 1. The van der Waals surface area contributed by atoms with Crippen molar-refractivity contribution in [1.29, 1.82) is 0 Å². The van der Waals surface area contributed by atoms with E-state index in [1.54, 1.807) is 24.3 Å². The summed E-state index contributed by atoms with van der Waals surface area (Å²) in [7, 11) is 0. The molecule has 0 fully saturated rings. The Morgan fingerprint density at radius 1 is 1.03 bits per heavy atom. The van der Waals surface area contributed by atoms with Gasteiger partial charge in [0.25, 0.3) is 5.91 Å². The van der Waals surface area contributed by atoms with Gasteiger partial charge >= 0.3 is 0 Å². The molecule has 0 saturated heterocycles. The molecule has 0 aliphatic heterocycles. The third-order valence-electron chi connectivity index (χ3n) is 5.04. The molecule has 1 N–H and O–H groups in total. The third-order valence-corrected chi connectivity index (χ3v) is 5.04. The lowest BCUT2D eigenvalue weighted by Gasteiger charge is -2.08. The highest BCUT2D eigenvalue weighted by molar-refractivity contribution is 5.94. The molecule has 30 heavy (non-hydrogen) atoms. The second kappa shape index (κ2) is 8.91. The van der Waals surface area contributed by atoms with Gasteiger partial charge in [-0.2, -0.15) is 0 Å². The fourth-order valence-corrected chi connectivity index (χ4v) is 3.47. The zero-order chi connectivity index (χ0) is 20.9. The molecule has 0 bridgehead atoms. The number of nitrogens with zero attached hydrogens (tertiary/aromatic N) is 1. The van der Waals surface area contributed by atoms with Gasteiger partial charge in [0.05, 0.1) is 0 Å². The van der Waals surface area contributed by atoms with Crippen LogP contribution in [0.4, 0.5) is 4.39 Å². The number of oxazole rings is 1. The van der Waals surface area contributed by atoms with Crippen LogP contribution in [-0.4, -0.2) is 17.4 Å². The van der Waals surface area contributed by atoms with E-state index in [2.05, 4.69) is 16.4 Å². The molecule has 4 rings (SSSR count). The fraction of sp³-hybridized carbons (Fsp3) is 0.200. The first-order valence-corrected chi connectivity index (χ1v) is 10.2. The maximum absolute atomic E-state index is 13.3. The summed E-state index contributed by atoms with van der Waals surface area (Å²) in [6, 6.07) is 19.7. The van der Waals surface area contributed by atoms with E-state index in [4.69, 9.17) is 4.42 Å². The van der Waals surface area contributed by atoms with Crippen LogP contribution >= 0.6 is 0 Å². The molecule has 4 nitrogen and oxygen atoms in total. The van der Waals surface area contributed by atoms with Crippen molar-refractivity contribution < 1.29 is 13.6 Å². The molecule has 3 aromatic carbocycles. The smallest absolute Gasteiger partial charge is 0.251 e. The van der Waals surface area contributed by atoms with E-state index in [1.165, 1.54) is 12.1 Å². The van der Waals surface area contributed by atoms with E-state index in [0.717, 1.165) is 40.6 Å². The summed E-state index contributed by atoms with van der Waals surface area (Å²) >= 11 is 0. The van der Waals surface area contributed by atoms with E-state index in [-0.39, 0.29) is 11.7 Å². The van der Waals surface area contributed by atoms with Crippen LogP contribution < -0.4 is 5.32 Å². The second-order valence-corrected chi connectivity index (χ2v) is 7.18. The molecule has 4 aromatic rings. The number of aryl methyl sites for hydroxylation is 2. The van der Waals surface area contributed by atoms with Gasteiger partial charge in [-0.05, 0) is 65.9 Å². The van der Waals surface area contributed by atoms with Crippen LogP contribution in [0, 0.1) is 5.82 Å². The van der Waals surface area contributed by atoms with Gasteiger partial charge < -0.3 is 9.73 Å². The zero-order valence-corrected chi connectivity index (χ0v) is 16.8. The Morgan fingerprint density at radius 3 is 2.53 bits per heavy atom. The molecule has 0 spiro atoms. The number of carbonyl (C=O) groups is 1. The third kappa shape index (κ3) is 4.40. The van der Waals surface area contributed by atoms with Crippen molar-refractivity contribution in [2.75, 3.05) is 6.54 Å². The minimum absolute atomic E-state index is 0.0752. The summed E-state index contributed by atoms with van der Waals surface area (Å²) in [6.07, 6.45) is 2.22. The zero-order valence-electron chi connectivity index (χ0n) is 16.8. The highest BCUT2D eigenvalue weighted by atomic mass is 19.1. The highest BCUT2D eigenvalue weighted by Gasteiger charge is 2.13.